The number of benzene rings is 3. The average molecular weight is 468 g/mol. The van der Waals surface area contributed by atoms with Crippen molar-refractivity contribution >= 4 is 22.2 Å². The van der Waals surface area contributed by atoms with Crippen LogP contribution < -0.4 is 0 Å². The van der Waals surface area contributed by atoms with Crippen molar-refractivity contribution in [3.63, 3.8) is 0 Å². The van der Waals surface area contributed by atoms with Crippen LogP contribution in [0.4, 0.5) is 4.39 Å². The first kappa shape index (κ1) is 22.1. The average Bonchev–Trinajstić information content (AvgIpc) is 3.14. The van der Waals surface area contributed by atoms with E-state index >= 15 is 0 Å². The molecule has 6 rings (SSSR count). The van der Waals surface area contributed by atoms with Crippen LogP contribution in [0.5, 0.6) is 5.75 Å². The van der Waals surface area contributed by atoms with E-state index in [4.69, 9.17) is 4.98 Å². The second kappa shape index (κ2) is 8.97. The molecule has 4 nitrogen and oxygen atoms in total. The molecule has 0 unspecified atom stereocenters. The fourth-order valence-corrected chi connectivity index (χ4v) is 5.69. The van der Waals surface area contributed by atoms with Gasteiger partial charge in [-0.2, -0.15) is 0 Å². The molecule has 1 aliphatic carbocycles. The zero-order valence-corrected chi connectivity index (χ0v) is 20.0. The van der Waals surface area contributed by atoms with Crippen LogP contribution in [0.2, 0.25) is 0 Å². The largest absolute Gasteiger partial charge is 0.508 e. The van der Waals surface area contributed by atoms with Crippen molar-refractivity contribution in [1.82, 2.24) is 14.9 Å². The molecule has 2 heterocycles. The lowest BCUT2D eigenvalue weighted by atomic mass is 9.86. The number of aromatic nitrogens is 2. The van der Waals surface area contributed by atoms with Gasteiger partial charge >= 0.3 is 0 Å². The maximum absolute atomic E-state index is 12.8. The number of likely N-dealkylation sites (tertiary alicyclic amines) is 1. The van der Waals surface area contributed by atoms with E-state index in [2.05, 4.69) is 65.3 Å². The van der Waals surface area contributed by atoms with E-state index in [0.29, 0.717) is 5.75 Å². The summed E-state index contributed by atoms with van der Waals surface area (Å²) in [4.78, 5) is 10.5. The zero-order chi connectivity index (χ0) is 23.9. The number of aromatic hydroxyl groups is 1. The van der Waals surface area contributed by atoms with E-state index in [-0.39, 0.29) is 12.6 Å². The second-order valence-corrected chi connectivity index (χ2v) is 9.99. The van der Waals surface area contributed by atoms with E-state index in [1.165, 1.54) is 33.4 Å². The van der Waals surface area contributed by atoms with Crippen LogP contribution in [0.3, 0.4) is 0 Å². The first-order chi connectivity index (χ1) is 17.1. The number of imidazole rings is 1. The minimum Gasteiger partial charge on any atom is -0.508 e. The van der Waals surface area contributed by atoms with Gasteiger partial charge in [-0.15, -0.1) is 0 Å². The number of alkyl halides is 1. The summed E-state index contributed by atoms with van der Waals surface area (Å²) in [5.74, 6) is 1.42. The second-order valence-electron chi connectivity index (χ2n) is 9.99. The highest BCUT2D eigenvalue weighted by Gasteiger charge is 2.27. The number of allylic oxidation sites excluding steroid dienone is 1. The fourth-order valence-electron chi connectivity index (χ4n) is 5.69. The van der Waals surface area contributed by atoms with Gasteiger partial charge in [-0.3, -0.25) is 9.29 Å². The quantitative estimate of drug-likeness (QED) is 0.364. The summed E-state index contributed by atoms with van der Waals surface area (Å²) >= 11 is 0. The third-order valence-electron chi connectivity index (χ3n) is 7.45. The van der Waals surface area contributed by atoms with Crippen molar-refractivity contribution in [2.45, 2.75) is 32.7 Å². The van der Waals surface area contributed by atoms with Gasteiger partial charge in [0.25, 0.3) is 0 Å². The number of phenols is 1. The van der Waals surface area contributed by atoms with Crippen LogP contribution >= 0.6 is 0 Å². The lowest BCUT2D eigenvalue weighted by Gasteiger charge is -2.36. The number of fused-ring (bicyclic) bond motifs is 2. The molecule has 0 radical (unpaired) electrons. The van der Waals surface area contributed by atoms with Crippen molar-refractivity contribution < 1.29 is 9.50 Å². The molecule has 0 atom stereocenters. The number of halogens is 1. The first-order valence-electron chi connectivity index (χ1n) is 12.5. The maximum atomic E-state index is 12.8. The minimum absolute atomic E-state index is 0.174. The summed E-state index contributed by atoms with van der Waals surface area (Å²) < 4.78 is 12.8. The Labute approximate surface area is 205 Å². The molecule has 2 aliphatic rings. The van der Waals surface area contributed by atoms with E-state index in [9.17, 15) is 9.50 Å². The molecule has 0 spiro atoms. The molecular formula is C30H30FN3O. The van der Waals surface area contributed by atoms with Crippen LogP contribution in [0, 0.1) is 12.8 Å². The molecule has 35 heavy (non-hydrogen) atoms. The lowest BCUT2D eigenvalue weighted by Crippen LogP contribution is -2.47. The number of rotatable bonds is 5. The molecule has 0 amide bonds. The molecule has 178 valence electrons. The fraction of sp³-hybridized carbons (Fsp3) is 0.300. The normalized spacial score (nSPS) is 16.9. The number of hydrogen-bond donors (Lipinski definition) is 2. The summed E-state index contributed by atoms with van der Waals surface area (Å²) in [5, 5.41) is 10.2. The molecule has 1 saturated heterocycles. The van der Waals surface area contributed by atoms with Gasteiger partial charge in [-0.1, -0.05) is 36.4 Å². The van der Waals surface area contributed by atoms with E-state index in [1.807, 2.05) is 6.07 Å². The molecule has 0 bridgehead atoms. The highest BCUT2D eigenvalue weighted by Crippen LogP contribution is 2.42. The van der Waals surface area contributed by atoms with Crippen molar-refractivity contribution in [1.29, 1.82) is 0 Å². The molecule has 1 aromatic heterocycles. The van der Waals surface area contributed by atoms with E-state index in [0.717, 1.165) is 61.3 Å². The van der Waals surface area contributed by atoms with Gasteiger partial charge in [0.2, 0.25) is 0 Å². The molecule has 4 aromatic rings. The number of H-pyrrole nitrogens is 1. The Morgan fingerprint density at radius 3 is 2.71 bits per heavy atom. The first-order valence-corrected chi connectivity index (χ1v) is 12.5. The topological polar surface area (TPSA) is 52.2 Å². The summed E-state index contributed by atoms with van der Waals surface area (Å²) in [6.45, 7) is 4.26. The SMILES string of the molecule is Cc1ccccc1C1=C(c2ccc3nc(CN4CC(CF)C4)[nH]c3c2)c2ccc(O)cc2CCC1. The van der Waals surface area contributed by atoms with Crippen LogP contribution in [0.15, 0.2) is 60.7 Å². The van der Waals surface area contributed by atoms with Gasteiger partial charge in [0.1, 0.15) is 11.6 Å². The van der Waals surface area contributed by atoms with Gasteiger partial charge in [-0.05, 0) is 89.4 Å². The number of aryl methyl sites for hydroxylation is 2. The summed E-state index contributed by atoms with van der Waals surface area (Å²) in [5.41, 5.74) is 10.6. The highest BCUT2D eigenvalue weighted by molar-refractivity contribution is 6.01. The number of nitrogens with one attached hydrogen (secondary N) is 1. The molecule has 0 saturated carbocycles. The summed E-state index contributed by atoms with van der Waals surface area (Å²) in [6, 6.07) is 20.9. The van der Waals surface area contributed by atoms with Crippen LogP contribution in [0.1, 0.15) is 46.5 Å². The molecule has 2 N–H and O–H groups in total. The number of nitrogens with zero attached hydrogens (tertiary/aromatic N) is 2. The van der Waals surface area contributed by atoms with Crippen molar-refractivity contribution in [3.05, 3.63) is 94.3 Å². The van der Waals surface area contributed by atoms with Gasteiger partial charge < -0.3 is 10.1 Å². The molecule has 1 fully saturated rings. The van der Waals surface area contributed by atoms with Crippen molar-refractivity contribution in [3.8, 4) is 5.75 Å². The third-order valence-corrected chi connectivity index (χ3v) is 7.45. The van der Waals surface area contributed by atoms with E-state index in [1.54, 1.807) is 6.07 Å². The predicted octanol–water partition coefficient (Wildman–Crippen LogP) is 6.27. The van der Waals surface area contributed by atoms with Crippen LogP contribution in [0.25, 0.3) is 22.2 Å². The molecule has 3 aromatic carbocycles. The third kappa shape index (κ3) is 4.14. The van der Waals surface area contributed by atoms with Crippen molar-refractivity contribution in [2.75, 3.05) is 19.8 Å². The molecule has 5 heteroatoms. The maximum Gasteiger partial charge on any atom is 0.121 e. The van der Waals surface area contributed by atoms with Gasteiger partial charge in [0.05, 0.1) is 24.3 Å². The van der Waals surface area contributed by atoms with Crippen LogP contribution in [-0.4, -0.2) is 39.7 Å². The minimum atomic E-state index is -0.239. The Hall–Kier alpha value is -3.44. The zero-order valence-electron chi connectivity index (χ0n) is 20.0. The summed E-state index contributed by atoms with van der Waals surface area (Å²) in [6.07, 6.45) is 2.96. The van der Waals surface area contributed by atoms with Gasteiger partial charge in [0.15, 0.2) is 0 Å². The van der Waals surface area contributed by atoms with E-state index < -0.39 is 0 Å². The Kier molecular flexibility index (Phi) is 5.65. The monoisotopic (exact) mass is 467 g/mol. The van der Waals surface area contributed by atoms with Gasteiger partial charge in [0, 0.05) is 19.0 Å². The Morgan fingerprint density at radius 1 is 1.03 bits per heavy atom. The Bertz CT molecular complexity index is 1430. The molecule has 1 aliphatic heterocycles. The number of phenolic OH excluding ortho intramolecular Hbond substituents is 1. The highest BCUT2D eigenvalue weighted by atomic mass is 19.1. The predicted molar refractivity (Wildman–Crippen MR) is 139 cm³/mol. The van der Waals surface area contributed by atoms with Gasteiger partial charge in [-0.25, -0.2) is 4.98 Å². The lowest BCUT2D eigenvalue weighted by molar-refractivity contribution is 0.0716. The summed E-state index contributed by atoms with van der Waals surface area (Å²) in [7, 11) is 0. The smallest absolute Gasteiger partial charge is 0.121 e. The Morgan fingerprint density at radius 2 is 1.89 bits per heavy atom. The Balaban J connectivity index is 1.46. The van der Waals surface area contributed by atoms with Crippen molar-refractivity contribution in [2.24, 2.45) is 5.92 Å². The number of hydrogen-bond acceptors (Lipinski definition) is 3. The van der Waals surface area contributed by atoms with Crippen LogP contribution in [-0.2, 0) is 13.0 Å². The number of aromatic amines is 1. The standard InChI is InChI=1S/C30H30FN3O/c1-19-5-2-3-7-24(19)26-8-4-6-21-13-23(35)10-11-25(21)30(26)22-9-12-27-28(14-22)33-29(32-27)18-34-16-20(15-31)17-34/h2-3,5,7,9-14,20,35H,4,6,8,15-18H2,1H3,(H,32,33). The molecular weight excluding hydrogens is 437 g/mol.